The van der Waals surface area contributed by atoms with Crippen molar-refractivity contribution in [3.05, 3.63) is 71.0 Å². The van der Waals surface area contributed by atoms with Crippen LogP contribution in [0.5, 0.6) is 0 Å². The summed E-state index contributed by atoms with van der Waals surface area (Å²) in [7, 11) is 2.05. The quantitative estimate of drug-likeness (QED) is 0.759. The zero-order valence-corrected chi connectivity index (χ0v) is 13.9. The molecule has 1 heterocycles. The van der Waals surface area contributed by atoms with Crippen LogP contribution in [-0.4, -0.2) is 36.5 Å². The summed E-state index contributed by atoms with van der Waals surface area (Å²) in [5, 5.41) is 0. The Hall–Kier alpha value is -1.92. The molecule has 0 spiro atoms. The van der Waals surface area contributed by atoms with Crippen molar-refractivity contribution < 1.29 is 17.6 Å². The van der Waals surface area contributed by atoms with Gasteiger partial charge in [0.1, 0.15) is 5.82 Å². The van der Waals surface area contributed by atoms with Crippen molar-refractivity contribution in [2.45, 2.75) is 18.8 Å². The highest BCUT2D eigenvalue weighted by molar-refractivity contribution is 5.27. The minimum atomic E-state index is -4.52. The molecule has 0 aliphatic carbocycles. The largest absolute Gasteiger partial charge is 0.416 e. The maximum atomic E-state index is 14.1. The van der Waals surface area contributed by atoms with Crippen molar-refractivity contribution in [1.29, 1.82) is 0 Å². The molecule has 0 N–H and O–H groups in total. The number of piperazine rings is 1. The highest BCUT2D eigenvalue weighted by atomic mass is 19.4. The van der Waals surface area contributed by atoms with E-state index in [1.165, 1.54) is 11.6 Å². The molecule has 0 saturated carbocycles. The van der Waals surface area contributed by atoms with Gasteiger partial charge in [-0.05, 0) is 24.7 Å². The van der Waals surface area contributed by atoms with E-state index in [1.807, 2.05) is 25.2 Å². The van der Waals surface area contributed by atoms with Crippen LogP contribution in [0.25, 0.3) is 0 Å². The molecule has 1 fully saturated rings. The predicted octanol–water partition coefficient (Wildman–Crippen LogP) is 4.33. The molecule has 3 rings (SSSR count). The molecule has 0 aromatic heterocycles. The molecule has 0 bridgehead atoms. The number of alkyl halides is 3. The lowest BCUT2D eigenvalue weighted by Gasteiger charge is -2.39. The van der Waals surface area contributed by atoms with Gasteiger partial charge >= 0.3 is 6.18 Å². The lowest BCUT2D eigenvalue weighted by atomic mass is 10.0. The Morgan fingerprint density at radius 2 is 1.76 bits per heavy atom. The minimum Gasteiger partial charge on any atom is -0.297 e. The maximum absolute atomic E-state index is 14.1. The van der Waals surface area contributed by atoms with Crippen molar-refractivity contribution in [1.82, 2.24) is 9.80 Å². The van der Waals surface area contributed by atoms with E-state index in [0.29, 0.717) is 24.7 Å². The monoisotopic (exact) mass is 352 g/mol. The van der Waals surface area contributed by atoms with Crippen LogP contribution in [0.15, 0.2) is 48.5 Å². The van der Waals surface area contributed by atoms with E-state index in [4.69, 9.17) is 0 Å². The van der Waals surface area contributed by atoms with Gasteiger partial charge in [-0.2, -0.15) is 13.2 Å². The molecule has 1 atom stereocenters. The van der Waals surface area contributed by atoms with Crippen molar-refractivity contribution in [2.24, 2.45) is 0 Å². The third kappa shape index (κ3) is 4.19. The summed E-state index contributed by atoms with van der Waals surface area (Å²) < 4.78 is 52.1. The van der Waals surface area contributed by atoms with Crippen LogP contribution in [0, 0.1) is 5.82 Å². The van der Waals surface area contributed by atoms with E-state index in [0.717, 1.165) is 19.2 Å². The van der Waals surface area contributed by atoms with Crippen LogP contribution in [0.2, 0.25) is 0 Å². The molecule has 1 aliphatic rings. The number of benzene rings is 2. The van der Waals surface area contributed by atoms with Crippen LogP contribution in [0.3, 0.4) is 0 Å². The van der Waals surface area contributed by atoms with E-state index in [-0.39, 0.29) is 6.04 Å². The van der Waals surface area contributed by atoms with Crippen LogP contribution in [-0.2, 0) is 12.7 Å². The first-order valence-electron chi connectivity index (χ1n) is 8.18. The average molecular weight is 352 g/mol. The van der Waals surface area contributed by atoms with Crippen LogP contribution < -0.4 is 0 Å². The van der Waals surface area contributed by atoms with E-state index >= 15 is 0 Å². The highest BCUT2D eigenvalue weighted by Gasteiger charge is 2.31. The molecular weight excluding hydrogens is 332 g/mol. The second kappa shape index (κ2) is 7.14. The highest BCUT2D eigenvalue weighted by Crippen LogP contribution is 2.31. The third-order valence-corrected chi connectivity index (χ3v) is 4.69. The van der Waals surface area contributed by atoms with E-state index in [2.05, 4.69) is 21.9 Å². The molecule has 25 heavy (non-hydrogen) atoms. The fraction of sp³-hybridized carbons (Fsp3) is 0.368. The second-order valence-electron chi connectivity index (χ2n) is 6.45. The molecule has 1 saturated heterocycles. The summed E-state index contributed by atoms with van der Waals surface area (Å²) >= 11 is 0. The van der Waals surface area contributed by atoms with Crippen molar-refractivity contribution in [2.75, 3.05) is 26.7 Å². The van der Waals surface area contributed by atoms with E-state index < -0.39 is 17.6 Å². The van der Waals surface area contributed by atoms with Crippen molar-refractivity contribution in [3.8, 4) is 0 Å². The number of rotatable bonds is 3. The SMILES string of the molecule is CN1CCN(Cc2ccc(C(F)(F)F)cc2F)CC1c1ccccc1. The zero-order valence-electron chi connectivity index (χ0n) is 13.9. The standard InChI is InChI=1S/C19H20F4N2/c1-24-9-10-25(13-18(24)14-5-3-2-4-6-14)12-15-7-8-16(11-17(15)20)19(21,22)23/h2-8,11,18H,9-10,12-13H2,1H3. The molecule has 1 aliphatic heterocycles. The van der Waals surface area contributed by atoms with Crippen LogP contribution >= 0.6 is 0 Å². The van der Waals surface area contributed by atoms with Gasteiger partial charge < -0.3 is 0 Å². The lowest BCUT2D eigenvalue weighted by molar-refractivity contribution is -0.137. The van der Waals surface area contributed by atoms with Gasteiger partial charge in [-0.1, -0.05) is 36.4 Å². The van der Waals surface area contributed by atoms with Crippen LogP contribution in [0.4, 0.5) is 17.6 Å². The molecule has 1 unspecified atom stereocenters. The van der Waals surface area contributed by atoms with Gasteiger partial charge in [0, 0.05) is 37.8 Å². The Morgan fingerprint density at radius 3 is 2.40 bits per heavy atom. The summed E-state index contributed by atoms with van der Waals surface area (Å²) in [6, 6.07) is 13.0. The third-order valence-electron chi connectivity index (χ3n) is 4.69. The van der Waals surface area contributed by atoms with Crippen LogP contribution in [0.1, 0.15) is 22.7 Å². The summed E-state index contributed by atoms with van der Waals surface area (Å²) in [4.78, 5) is 4.33. The predicted molar refractivity (Wildman–Crippen MR) is 88.5 cm³/mol. The summed E-state index contributed by atoms with van der Waals surface area (Å²) in [5.74, 6) is -0.801. The fourth-order valence-corrected chi connectivity index (χ4v) is 3.20. The number of hydrogen-bond acceptors (Lipinski definition) is 2. The molecule has 2 nitrogen and oxygen atoms in total. The molecule has 2 aromatic carbocycles. The number of hydrogen-bond donors (Lipinski definition) is 0. The zero-order chi connectivity index (χ0) is 18.0. The normalized spacial score (nSPS) is 20.0. The van der Waals surface area contributed by atoms with Gasteiger partial charge in [-0.15, -0.1) is 0 Å². The Bertz CT molecular complexity index is 715. The van der Waals surface area contributed by atoms with E-state index in [9.17, 15) is 17.6 Å². The first-order valence-corrected chi connectivity index (χ1v) is 8.18. The minimum absolute atomic E-state index is 0.187. The Morgan fingerprint density at radius 1 is 1.04 bits per heavy atom. The maximum Gasteiger partial charge on any atom is 0.416 e. The van der Waals surface area contributed by atoms with Gasteiger partial charge in [0.15, 0.2) is 0 Å². The molecule has 2 aromatic rings. The average Bonchev–Trinajstić information content (AvgIpc) is 2.58. The van der Waals surface area contributed by atoms with Gasteiger partial charge in [-0.25, -0.2) is 4.39 Å². The number of halogens is 4. The first-order chi connectivity index (χ1) is 11.8. The van der Waals surface area contributed by atoms with Gasteiger partial charge in [0.05, 0.1) is 5.56 Å². The van der Waals surface area contributed by atoms with E-state index in [1.54, 1.807) is 0 Å². The van der Waals surface area contributed by atoms with Gasteiger partial charge in [-0.3, -0.25) is 9.80 Å². The Kier molecular flexibility index (Phi) is 5.11. The summed E-state index contributed by atoms with van der Waals surface area (Å²) in [6.45, 7) is 2.59. The van der Waals surface area contributed by atoms with Gasteiger partial charge in [0.2, 0.25) is 0 Å². The lowest BCUT2D eigenvalue weighted by Crippen LogP contribution is -2.46. The molecule has 6 heteroatoms. The van der Waals surface area contributed by atoms with Crippen molar-refractivity contribution in [3.63, 3.8) is 0 Å². The second-order valence-corrected chi connectivity index (χ2v) is 6.45. The molecule has 0 radical (unpaired) electrons. The first kappa shape index (κ1) is 17.9. The fourth-order valence-electron chi connectivity index (χ4n) is 3.20. The molecular formula is C19H20F4N2. The topological polar surface area (TPSA) is 6.48 Å². The van der Waals surface area contributed by atoms with Crippen molar-refractivity contribution >= 4 is 0 Å². The number of likely N-dealkylation sites (N-methyl/N-ethyl adjacent to an activating group) is 1. The smallest absolute Gasteiger partial charge is 0.297 e. The summed E-state index contributed by atoms with van der Waals surface area (Å²) in [6.07, 6.45) is -4.52. The van der Waals surface area contributed by atoms with Gasteiger partial charge in [0.25, 0.3) is 0 Å². The number of nitrogens with zero attached hydrogens (tertiary/aromatic N) is 2. The molecule has 134 valence electrons. The molecule has 0 amide bonds. The Labute approximate surface area is 144 Å². The Balaban J connectivity index is 1.73. The summed E-state index contributed by atoms with van der Waals surface area (Å²) in [5.41, 5.74) is 0.529.